The van der Waals surface area contributed by atoms with Gasteiger partial charge in [-0.15, -0.1) is 0 Å². The highest BCUT2D eigenvalue weighted by Crippen LogP contribution is 2.31. The Labute approximate surface area is 231 Å². The number of nitrogen functional groups attached to an aromatic ring is 1. The summed E-state index contributed by atoms with van der Waals surface area (Å²) >= 11 is 12.0. The first-order valence-corrected chi connectivity index (χ1v) is 12.6. The number of aliphatic hydroxyl groups excluding tert-OH is 1. The number of carboxylic acid groups (broad SMARTS) is 2. The summed E-state index contributed by atoms with van der Waals surface area (Å²) in [7, 11) is 0. The van der Waals surface area contributed by atoms with Crippen molar-refractivity contribution in [2.24, 2.45) is 0 Å². The Morgan fingerprint density at radius 3 is 2.00 bits per heavy atom. The summed E-state index contributed by atoms with van der Waals surface area (Å²) in [5.41, 5.74) is 6.66. The van der Waals surface area contributed by atoms with Crippen molar-refractivity contribution in [3.05, 3.63) is 70.2 Å². The number of nitrogens with one attached hydrogen (secondary N) is 1. The van der Waals surface area contributed by atoms with Crippen LogP contribution in [-0.2, 0) is 19.1 Å². The molecule has 12 heteroatoms. The van der Waals surface area contributed by atoms with E-state index >= 15 is 0 Å². The molecule has 0 heterocycles. The second kappa shape index (κ2) is 20.1. The van der Waals surface area contributed by atoms with Gasteiger partial charge in [0.15, 0.2) is 0 Å². The molecule has 0 radical (unpaired) electrons. The molecule has 0 aromatic heterocycles. The first kappa shape index (κ1) is 33.2. The minimum atomic E-state index is -1.26. The zero-order valence-electron chi connectivity index (χ0n) is 20.9. The molecule has 0 fully saturated rings. The van der Waals surface area contributed by atoms with Crippen molar-refractivity contribution in [3.63, 3.8) is 0 Å². The number of para-hydroxylation sites is 1. The Kier molecular flexibility index (Phi) is 17.6. The Balaban J connectivity index is 0.000000781. The molecule has 1 unspecified atom stereocenters. The predicted molar refractivity (Wildman–Crippen MR) is 146 cm³/mol. The van der Waals surface area contributed by atoms with Gasteiger partial charge < -0.3 is 40.6 Å². The number of hydrogen-bond donors (Lipinski definition) is 5. The number of halogens is 2. The van der Waals surface area contributed by atoms with E-state index in [-0.39, 0.29) is 0 Å². The van der Waals surface area contributed by atoms with Crippen molar-refractivity contribution in [3.8, 4) is 5.75 Å². The van der Waals surface area contributed by atoms with E-state index in [4.69, 9.17) is 53.4 Å². The Morgan fingerprint density at radius 1 is 0.895 bits per heavy atom. The van der Waals surface area contributed by atoms with E-state index in [0.29, 0.717) is 73.0 Å². The summed E-state index contributed by atoms with van der Waals surface area (Å²) in [6.07, 6.45) is 2.08. The van der Waals surface area contributed by atoms with Crippen molar-refractivity contribution >= 4 is 40.8 Å². The normalized spacial score (nSPS) is 11.6. The van der Waals surface area contributed by atoms with Crippen LogP contribution in [0.15, 0.2) is 54.6 Å². The summed E-state index contributed by atoms with van der Waals surface area (Å²) in [5.74, 6) is -1.64. The third-order valence-electron chi connectivity index (χ3n) is 4.65. The van der Waals surface area contributed by atoms with Crippen molar-refractivity contribution in [2.45, 2.75) is 18.9 Å². The lowest BCUT2D eigenvalue weighted by Gasteiger charge is -2.14. The van der Waals surface area contributed by atoms with Gasteiger partial charge in [0.05, 0.1) is 41.7 Å². The maximum absolute atomic E-state index is 10.2. The standard InChI is InChI=1S/C22H30Cl2N2O4.C4H4O4/c23-19-14-17(15-20(24)22(19)25)21(27)16-26-8-4-9-28-12-13-29-10-5-11-30-18-6-2-1-3-7-18;5-3(6)1-2-4(7)8/h1-3,6-7,14-15,21,26-27H,4-5,8-13,16,25H2;1-2H,(H,5,6)(H,7,8)/b;2-1+. The van der Waals surface area contributed by atoms with Gasteiger partial charge in [-0.1, -0.05) is 41.4 Å². The van der Waals surface area contributed by atoms with Crippen LogP contribution in [-0.4, -0.2) is 73.4 Å². The van der Waals surface area contributed by atoms with Gasteiger partial charge >= 0.3 is 11.9 Å². The third kappa shape index (κ3) is 16.1. The topological polar surface area (TPSA) is 161 Å². The smallest absolute Gasteiger partial charge is 0.328 e. The lowest BCUT2D eigenvalue weighted by atomic mass is 10.1. The van der Waals surface area contributed by atoms with Crippen LogP contribution in [0, 0.1) is 0 Å². The Hall–Kier alpha value is -2.86. The van der Waals surface area contributed by atoms with Gasteiger partial charge in [0, 0.05) is 38.3 Å². The van der Waals surface area contributed by atoms with E-state index in [1.54, 1.807) is 12.1 Å². The molecule has 0 aliphatic heterocycles. The van der Waals surface area contributed by atoms with Crippen LogP contribution in [0.3, 0.4) is 0 Å². The second-order valence-corrected chi connectivity index (χ2v) is 8.54. The monoisotopic (exact) mass is 572 g/mol. The molecule has 6 N–H and O–H groups in total. The fraction of sp³-hybridized carbons (Fsp3) is 0.385. The van der Waals surface area contributed by atoms with E-state index in [1.165, 1.54) is 0 Å². The molecule has 2 aromatic rings. The molecule has 0 amide bonds. The molecule has 38 heavy (non-hydrogen) atoms. The zero-order valence-corrected chi connectivity index (χ0v) is 22.4. The lowest BCUT2D eigenvalue weighted by Crippen LogP contribution is -2.23. The average molecular weight is 573 g/mol. The fourth-order valence-corrected chi connectivity index (χ4v) is 3.29. The highest BCUT2D eigenvalue weighted by Gasteiger charge is 2.11. The first-order valence-electron chi connectivity index (χ1n) is 11.8. The van der Waals surface area contributed by atoms with E-state index in [9.17, 15) is 14.7 Å². The number of carboxylic acids is 2. The molecule has 0 bridgehead atoms. The third-order valence-corrected chi connectivity index (χ3v) is 5.28. The minimum Gasteiger partial charge on any atom is -0.494 e. The summed E-state index contributed by atoms with van der Waals surface area (Å²) in [4.78, 5) is 19.1. The SMILES string of the molecule is Nc1c(Cl)cc(C(O)CNCCCOCCOCCCOc2ccccc2)cc1Cl.O=C(O)/C=C/C(=O)O. The molecule has 2 aromatic carbocycles. The van der Waals surface area contributed by atoms with Gasteiger partial charge in [0.2, 0.25) is 0 Å². The van der Waals surface area contributed by atoms with Crippen LogP contribution in [0.2, 0.25) is 10.0 Å². The molecule has 210 valence electrons. The van der Waals surface area contributed by atoms with Gasteiger partial charge in [-0.3, -0.25) is 0 Å². The molecule has 1 atom stereocenters. The summed E-state index contributed by atoms with van der Waals surface area (Å²) < 4.78 is 16.7. The molecule has 10 nitrogen and oxygen atoms in total. The van der Waals surface area contributed by atoms with Gasteiger partial charge in [-0.25, -0.2) is 9.59 Å². The van der Waals surface area contributed by atoms with Crippen molar-refractivity contribution in [1.82, 2.24) is 5.32 Å². The number of rotatable bonds is 17. The number of ether oxygens (including phenoxy) is 3. The van der Waals surface area contributed by atoms with Gasteiger partial charge in [-0.05, 0) is 42.8 Å². The Bertz CT molecular complexity index is 953. The minimum absolute atomic E-state index is 0.323. The van der Waals surface area contributed by atoms with Crippen molar-refractivity contribution in [1.29, 1.82) is 0 Å². The number of aliphatic carboxylic acids is 2. The fourth-order valence-electron chi connectivity index (χ4n) is 2.78. The second-order valence-electron chi connectivity index (χ2n) is 7.72. The molecule has 2 rings (SSSR count). The number of hydrogen-bond acceptors (Lipinski definition) is 8. The van der Waals surface area contributed by atoms with Crippen LogP contribution in [0.1, 0.15) is 24.5 Å². The maximum Gasteiger partial charge on any atom is 0.328 e. The van der Waals surface area contributed by atoms with E-state index < -0.39 is 18.0 Å². The maximum atomic E-state index is 10.2. The van der Waals surface area contributed by atoms with E-state index in [0.717, 1.165) is 25.1 Å². The van der Waals surface area contributed by atoms with Gasteiger partial charge in [0.1, 0.15) is 5.75 Å². The first-order chi connectivity index (χ1) is 18.2. The summed E-state index contributed by atoms with van der Waals surface area (Å²) in [6.45, 7) is 4.16. The Morgan fingerprint density at radius 2 is 1.45 bits per heavy atom. The lowest BCUT2D eigenvalue weighted by molar-refractivity contribution is -0.134. The largest absolute Gasteiger partial charge is 0.494 e. The number of carbonyl (C=O) groups is 2. The van der Waals surface area contributed by atoms with Gasteiger partial charge in [0.25, 0.3) is 0 Å². The van der Waals surface area contributed by atoms with Crippen LogP contribution < -0.4 is 15.8 Å². The molecule has 0 spiro atoms. The van der Waals surface area contributed by atoms with Crippen LogP contribution >= 0.6 is 23.2 Å². The van der Waals surface area contributed by atoms with E-state index in [1.807, 2.05) is 30.3 Å². The highest BCUT2D eigenvalue weighted by atomic mass is 35.5. The molecular formula is C26H34Cl2N2O8. The van der Waals surface area contributed by atoms with Gasteiger partial charge in [-0.2, -0.15) is 0 Å². The zero-order chi connectivity index (χ0) is 28.2. The number of benzene rings is 2. The highest BCUT2D eigenvalue weighted by molar-refractivity contribution is 6.38. The predicted octanol–water partition coefficient (Wildman–Crippen LogP) is 3.80. The average Bonchev–Trinajstić information content (AvgIpc) is 2.89. The number of nitrogens with two attached hydrogens (primary N) is 1. The molecule has 0 saturated carbocycles. The quantitative estimate of drug-likeness (QED) is 0.107. The number of anilines is 1. The number of aliphatic hydroxyl groups is 1. The van der Waals surface area contributed by atoms with E-state index in [2.05, 4.69) is 5.32 Å². The molecule has 0 aliphatic rings. The van der Waals surface area contributed by atoms with Crippen LogP contribution in [0.5, 0.6) is 5.75 Å². The summed E-state index contributed by atoms with van der Waals surface area (Å²) in [5, 5.41) is 29.7. The van der Waals surface area contributed by atoms with Crippen molar-refractivity contribution < 1.29 is 39.1 Å². The van der Waals surface area contributed by atoms with Crippen LogP contribution in [0.4, 0.5) is 5.69 Å². The molecular weight excluding hydrogens is 539 g/mol. The van der Waals surface area contributed by atoms with Crippen LogP contribution in [0.25, 0.3) is 0 Å². The summed E-state index contributed by atoms with van der Waals surface area (Å²) in [6, 6.07) is 13.0. The molecule has 0 saturated heterocycles. The molecule has 0 aliphatic carbocycles. The van der Waals surface area contributed by atoms with Crippen molar-refractivity contribution in [2.75, 3.05) is 51.9 Å².